The molecular weight excluding hydrogens is 352 g/mol. The Morgan fingerprint density at radius 3 is 2.69 bits per heavy atom. The number of aryl methyl sites for hydroxylation is 1. The number of nitrogens with one attached hydrogen (secondary N) is 1. The molecule has 26 heavy (non-hydrogen) atoms. The number of phenols is 1. The summed E-state index contributed by atoms with van der Waals surface area (Å²) in [6.45, 7) is 1.50. The van der Waals surface area contributed by atoms with E-state index >= 15 is 0 Å². The molecule has 1 heterocycles. The van der Waals surface area contributed by atoms with Crippen molar-refractivity contribution in [2.75, 3.05) is 11.9 Å². The summed E-state index contributed by atoms with van der Waals surface area (Å²) in [6.07, 6.45) is 1.52. The van der Waals surface area contributed by atoms with Crippen LogP contribution in [0, 0.1) is 6.92 Å². The van der Waals surface area contributed by atoms with Crippen LogP contribution in [0.4, 0.5) is 10.5 Å². The number of hydrogen-bond donors (Lipinski definition) is 2. The van der Waals surface area contributed by atoms with Crippen LogP contribution >= 0.6 is 11.8 Å². The largest absolute Gasteiger partial charge is 0.508 e. The SMILES string of the molecule is Cc1ccccc1NC(=O)CN1C(=O)S/C(=C\c2cccc(O)c2)C1=O. The fraction of sp³-hybridized carbons (Fsp3) is 0.105. The highest BCUT2D eigenvalue weighted by Gasteiger charge is 2.36. The van der Waals surface area contributed by atoms with Crippen LogP contribution in [0.3, 0.4) is 0 Å². The molecule has 1 aliphatic heterocycles. The van der Waals surface area contributed by atoms with Crippen molar-refractivity contribution in [1.82, 2.24) is 4.90 Å². The van der Waals surface area contributed by atoms with Gasteiger partial charge in [-0.3, -0.25) is 19.3 Å². The van der Waals surface area contributed by atoms with E-state index in [4.69, 9.17) is 0 Å². The second-order valence-electron chi connectivity index (χ2n) is 5.73. The van der Waals surface area contributed by atoms with E-state index in [1.54, 1.807) is 24.3 Å². The molecule has 0 unspecified atom stereocenters. The Bertz CT molecular complexity index is 923. The number of carbonyl (C=O) groups excluding carboxylic acids is 3. The van der Waals surface area contributed by atoms with Crippen molar-refractivity contribution in [3.05, 3.63) is 64.6 Å². The monoisotopic (exact) mass is 368 g/mol. The van der Waals surface area contributed by atoms with E-state index in [0.717, 1.165) is 22.2 Å². The smallest absolute Gasteiger partial charge is 0.294 e. The van der Waals surface area contributed by atoms with E-state index in [1.165, 1.54) is 18.2 Å². The number of phenolic OH excluding ortho intramolecular Hbond substituents is 1. The van der Waals surface area contributed by atoms with Crippen LogP contribution in [0.1, 0.15) is 11.1 Å². The van der Waals surface area contributed by atoms with Gasteiger partial charge in [-0.1, -0.05) is 30.3 Å². The van der Waals surface area contributed by atoms with Crippen LogP contribution in [0.2, 0.25) is 0 Å². The van der Waals surface area contributed by atoms with Crippen molar-refractivity contribution in [2.45, 2.75) is 6.92 Å². The minimum Gasteiger partial charge on any atom is -0.508 e. The highest BCUT2D eigenvalue weighted by molar-refractivity contribution is 8.18. The number of hydrogen-bond acceptors (Lipinski definition) is 5. The minimum atomic E-state index is -0.525. The van der Waals surface area contributed by atoms with Gasteiger partial charge in [0.1, 0.15) is 12.3 Å². The van der Waals surface area contributed by atoms with E-state index in [1.807, 2.05) is 19.1 Å². The van der Waals surface area contributed by atoms with Gasteiger partial charge >= 0.3 is 0 Å². The lowest BCUT2D eigenvalue weighted by Crippen LogP contribution is -2.36. The van der Waals surface area contributed by atoms with Crippen LogP contribution in [0.5, 0.6) is 5.75 Å². The van der Waals surface area contributed by atoms with E-state index in [9.17, 15) is 19.5 Å². The van der Waals surface area contributed by atoms with Gasteiger partial charge in [-0.15, -0.1) is 0 Å². The molecule has 0 bridgehead atoms. The Kier molecular flexibility index (Phi) is 5.09. The standard InChI is InChI=1S/C19H16N2O4S/c1-12-5-2-3-8-15(12)20-17(23)11-21-18(24)16(26-19(21)25)10-13-6-4-7-14(22)9-13/h2-10,22H,11H2,1H3,(H,20,23)/b16-10-. The number of carbonyl (C=O) groups is 3. The number of imide groups is 1. The molecule has 0 radical (unpaired) electrons. The predicted molar refractivity (Wildman–Crippen MR) is 101 cm³/mol. The third-order valence-electron chi connectivity index (χ3n) is 3.76. The Labute approximate surface area is 154 Å². The molecule has 1 saturated heterocycles. The molecule has 1 aliphatic rings. The second kappa shape index (κ2) is 7.45. The second-order valence-corrected chi connectivity index (χ2v) is 6.72. The Hall–Kier alpha value is -3.06. The van der Waals surface area contributed by atoms with Crippen LogP contribution in [-0.2, 0) is 9.59 Å². The van der Waals surface area contributed by atoms with Crippen LogP contribution in [0.25, 0.3) is 6.08 Å². The maximum Gasteiger partial charge on any atom is 0.294 e. The number of amides is 3. The quantitative estimate of drug-likeness (QED) is 0.808. The molecule has 3 amide bonds. The molecule has 2 aromatic rings. The molecule has 0 aliphatic carbocycles. The molecule has 1 fully saturated rings. The summed E-state index contributed by atoms with van der Waals surface area (Å²) in [5, 5.41) is 11.7. The number of para-hydroxylation sites is 1. The molecule has 2 N–H and O–H groups in total. The first-order chi connectivity index (χ1) is 12.4. The maximum atomic E-state index is 12.4. The van der Waals surface area contributed by atoms with Gasteiger partial charge in [0.05, 0.1) is 4.91 Å². The predicted octanol–water partition coefficient (Wildman–Crippen LogP) is 3.38. The molecule has 6 nitrogen and oxygen atoms in total. The molecule has 0 spiro atoms. The fourth-order valence-corrected chi connectivity index (χ4v) is 3.29. The first-order valence-corrected chi connectivity index (χ1v) is 8.65. The van der Waals surface area contributed by atoms with Gasteiger partial charge in [0.25, 0.3) is 11.1 Å². The van der Waals surface area contributed by atoms with Crippen LogP contribution in [-0.4, -0.2) is 33.6 Å². The average Bonchev–Trinajstić information content (AvgIpc) is 2.84. The third kappa shape index (κ3) is 3.94. The molecule has 0 aromatic heterocycles. The highest BCUT2D eigenvalue weighted by atomic mass is 32.2. The van der Waals surface area contributed by atoms with E-state index in [2.05, 4.69) is 5.32 Å². The molecule has 7 heteroatoms. The van der Waals surface area contributed by atoms with Gasteiger partial charge in [0.15, 0.2) is 0 Å². The molecule has 2 aromatic carbocycles. The van der Waals surface area contributed by atoms with Gasteiger partial charge in [0, 0.05) is 5.69 Å². The van der Waals surface area contributed by atoms with Gasteiger partial charge in [-0.25, -0.2) is 0 Å². The number of anilines is 1. The highest BCUT2D eigenvalue weighted by Crippen LogP contribution is 2.32. The lowest BCUT2D eigenvalue weighted by Gasteiger charge is -2.13. The number of rotatable bonds is 4. The number of benzene rings is 2. The fourth-order valence-electron chi connectivity index (χ4n) is 2.45. The Morgan fingerprint density at radius 1 is 1.19 bits per heavy atom. The number of aromatic hydroxyl groups is 1. The van der Waals surface area contributed by atoms with Gasteiger partial charge in [-0.05, 0) is 54.1 Å². The first kappa shape index (κ1) is 17.8. The molecular formula is C19H16N2O4S. The lowest BCUT2D eigenvalue weighted by molar-refractivity contribution is -0.127. The van der Waals surface area contributed by atoms with Gasteiger partial charge in [0.2, 0.25) is 5.91 Å². The Morgan fingerprint density at radius 2 is 1.96 bits per heavy atom. The van der Waals surface area contributed by atoms with Crippen molar-refractivity contribution in [1.29, 1.82) is 0 Å². The summed E-state index contributed by atoms with van der Waals surface area (Å²) in [4.78, 5) is 37.9. The molecule has 3 rings (SSSR count). The zero-order chi connectivity index (χ0) is 18.7. The third-order valence-corrected chi connectivity index (χ3v) is 4.67. The zero-order valence-corrected chi connectivity index (χ0v) is 14.7. The number of thioether (sulfide) groups is 1. The van der Waals surface area contributed by atoms with E-state index in [0.29, 0.717) is 11.3 Å². The summed E-state index contributed by atoms with van der Waals surface area (Å²) in [6, 6.07) is 13.6. The van der Waals surface area contributed by atoms with Crippen molar-refractivity contribution in [3.63, 3.8) is 0 Å². The molecule has 0 atom stereocenters. The van der Waals surface area contributed by atoms with Crippen molar-refractivity contribution in [2.24, 2.45) is 0 Å². The summed E-state index contributed by atoms with van der Waals surface area (Å²) in [7, 11) is 0. The first-order valence-electron chi connectivity index (χ1n) is 7.84. The van der Waals surface area contributed by atoms with Crippen molar-refractivity contribution >= 4 is 40.6 Å². The number of nitrogens with zero attached hydrogens (tertiary/aromatic N) is 1. The minimum absolute atomic E-state index is 0.0654. The van der Waals surface area contributed by atoms with Gasteiger partial charge in [-0.2, -0.15) is 0 Å². The van der Waals surface area contributed by atoms with Crippen molar-refractivity contribution in [3.8, 4) is 5.75 Å². The average molecular weight is 368 g/mol. The van der Waals surface area contributed by atoms with Crippen molar-refractivity contribution < 1.29 is 19.5 Å². The normalized spacial score (nSPS) is 15.6. The molecule has 0 saturated carbocycles. The summed E-state index contributed by atoms with van der Waals surface area (Å²) >= 11 is 0.771. The maximum absolute atomic E-state index is 12.4. The lowest BCUT2D eigenvalue weighted by atomic mass is 10.2. The molecule has 132 valence electrons. The van der Waals surface area contributed by atoms with Crippen LogP contribution in [0.15, 0.2) is 53.4 Å². The van der Waals surface area contributed by atoms with E-state index in [-0.39, 0.29) is 17.2 Å². The van der Waals surface area contributed by atoms with Gasteiger partial charge < -0.3 is 10.4 Å². The topological polar surface area (TPSA) is 86.7 Å². The Balaban J connectivity index is 1.71. The summed E-state index contributed by atoms with van der Waals surface area (Å²) in [5.41, 5.74) is 2.12. The summed E-state index contributed by atoms with van der Waals surface area (Å²) < 4.78 is 0. The van der Waals surface area contributed by atoms with E-state index < -0.39 is 17.1 Å². The van der Waals surface area contributed by atoms with Crippen LogP contribution < -0.4 is 5.32 Å². The zero-order valence-electron chi connectivity index (χ0n) is 13.9. The summed E-state index contributed by atoms with van der Waals surface area (Å²) in [5.74, 6) is -0.904.